The van der Waals surface area contributed by atoms with Gasteiger partial charge >= 0.3 is 5.69 Å². The SMILES string of the molecule is O=[N+]([O-])c1cc2sc(S)cc2cc1F. The number of hydrogen-bond donors (Lipinski definition) is 1. The second-order valence-electron chi connectivity index (χ2n) is 2.68. The Kier molecular flexibility index (Phi) is 2.16. The molecule has 0 saturated heterocycles. The molecule has 0 spiro atoms. The molecule has 1 aromatic heterocycles. The Labute approximate surface area is 87.7 Å². The molecule has 0 aliphatic rings. The maximum Gasteiger partial charge on any atom is 0.306 e. The summed E-state index contributed by atoms with van der Waals surface area (Å²) in [5, 5.41) is 11.1. The van der Waals surface area contributed by atoms with Crippen LogP contribution in [0.25, 0.3) is 10.1 Å². The highest BCUT2D eigenvalue weighted by Gasteiger charge is 2.15. The molecule has 0 unspecified atom stereocenters. The minimum atomic E-state index is -0.811. The Morgan fingerprint density at radius 2 is 2.14 bits per heavy atom. The molecule has 0 aliphatic carbocycles. The van der Waals surface area contributed by atoms with E-state index in [-0.39, 0.29) is 0 Å². The lowest BCUT2D eigenvalue weighted by Gasteiger charge is -1.93. The lowest BCUT2D eigenvalue weighted by atomic mass is 10.2. The quantitative estimate of drug-likeness (QED) is 0.463. The van der Waals surface area contributed by atoms with Gasteiger partial charge in [-0.15, -0.1) is 24.0 Å². The van der Waals surface area contributed by atoms with Crippen LogP contribution in [0.1, 0.15) is 0 Å². The third-order valence-corrected chi connectivity index (χ3v) is 3.07. The van der Waals surface area contributed by atoms with Gasteiger partial charge in [0.15, 0.2) is 0 Å². The molecule has 0 radical (unpaired) electrons. The van der Waals surface area contributed by atoms with Gasteiger partial charge in [0.1, 0.15) is 0 Å². The Hall–Kier alpha value is -1.14. The maximum absolute atomic E-state index is 13.1. The Bertz CT molecular complexity index is 523. The summed E-state index contributed by atoms with van der Waals surface area (Å²) >= 11 is 5.37. The first-order valence-corrected chi connectivity index (χ1v) is 4.91. The summed E-state index contributed by atoms with van der Waals surface area (Å²) in [4.78, 5) is 9.69. The van der Waals surface area contributed by atoms with Gasteiger partial charge in [-0.3, -0.25) is 10.1 Å². The van der Waals surface area contributed by atoms with Gasteiger partial charge in [-0.05, 0) is 17.5 Å². The molecule has 0 amide bonds. The van der Waals surface area contributed by atoms with Crippen molar-refractivity contribution < 1.29 is 9.31 Å². The molecule has 6 heteroatoms. The molecule has 2 aromatic rings. The number of nitro groups is 1. The van der Waals surface area contributed by atoms with Crippen LogP contribution in [-0.4, -0.2) is 4.92 Å². The second-order valence-corrected chi connectivity index (χ2v) is 4.55. The van der Waals surface area contributed by atoms with Crippen LogP contribution in [-0.2, 0) is 0 Å². The standard InChI is InChI=1S/C8H4FNO2S2/c9-5-1-4-2-8(13)14-7(4)3-6(5)10(11)12/h1-3,13H. The van der Waals surface area contributed by atoms with Crippen LogP contribution in [0, 0.1) is 15.9 Å². The van der Waals surface area contributed by atoms with Gasteiger partial charge in [0.2, 0.25) is 5.82 Å². The van der Waals surface area contributed by atoms with Crippen LogP contribution < -0.4 is 0 Å². The molecule has 3 nitrogen and oxygen atoms in total. The van der Waals surface area contributed by atoms with Crippen LogP contribution in [0.3, 0.4) is 0 Å². The number of nitro benzene ring substituents is 1. The van der Waals surface area contributed by atoms with Gasteiger partial charge in [0.05, 0.1) is 9.13 Å². The summed E-state index contributed by atoms with van der Waals surface area (Å²) in [5.74, 6) is -0.811. The molecule has 1 heterocycles. The van der Waals surface area contributed by atoms with E-state index >= 15 is 0 Å². The Morgan fingerprint density at radius 1 is 1.43 bits per heavy atom. The average Bonchev–Trinajstić information content (AvgIpc) is 2.42. The van der Waals surface area contributed by atoms with Crippen molar-refractivity contribution in [1.29, 1.82) is 0 Å². The molecular weight excluding hydrogens is 225 g/mol. The molecular formula is C8H4FNO2S2. The highest BCUT2D eigenvalue weighted by atomic mass is 32.2. The fourth-order valence-electron chi connectivity index (χ4n) is 1.17. The second kappa shape index (κ2) is 3.21. The minimum absolute atomic E-state index is 0.493. The van der Waals surface area contributed by atoms with E-state index in [1.54, 1.807) is 6.07 Å². The van der Waals surface area contributed by atoms with E-state index in [0.717, 1.165) is 6.07 Å². The molecule has 0 fully saturated rings. The van der Waals surface area contributed by atoms with Crippen molar-refractivity contribution in [2.24, 2.45) is 0 Å². The number of halogens is 1. The highest BCUT2D eigenvalue weighted by molar-refractivity contribution is 7.83. The summed E-state index contributed by atoms with van der Waals surface area (Å²) in [6.45, 7) is 0. The van der Waals surface area contributed by atoms with Crippen molar-refractivity contribution in [1.82, 2.24) is 0 Å². The van der Waals surface area contributed by atoms with Crippen molar-refractivity contribution in [3.8, 4) is 0 Å². The molecule has 0 bridgehead atoms. The predicted octanol–water partition coefficient (Wildman–Crippen LogP) is 3.24. The summed E-state index contributed by atoms with van der Waals surface area (Å²) in [6, 6.07) is 4.06. The van der Waals surface area contributed by atoms with Gasteiger partial charge < -0.3 is 0 Å². The fraction of sp³-hybridized carbons (Fsp3) is 0. The van der Waals surface area contributed by atoms with Crippen molar-refractivity contribution in [2.75, 3.05) is 0 Å². The molecule has 14 heavy (non-hydrogen) atoms. The average molecular weight is 229 g/mol. The molecule has 0 N–H and O–H groups in total. The smallest absolute Gasteiger partial charge is 0.258 e. The summed E-state index contributed by atoms with van der Waals surface area (Å²) in [6.07, 6.45) is 0. The topological polar surface area (TPSA) is 43.1 Å². The summed E-state index contributed by atoms with van der Waals surface area (Å²) < 4.78 is 14.5. The third kappa shape index (κ3) is 1.46. The van der Waals surface area contributed by atoms with Crippen LogP contribution in [0.15, 0.2) is 22.4 Å². The first-order chi connectivity index (χ1) is 6.58. The van der Waals surface area contributed by atoms with Gasteiger partial charge in [-0.1, -0.05) is 0 Å². The monoisotopic (exact) mass is 229 g/mol. The lowest BCUT2D eigenvalue weighted by molar-refractivity contribution is -0.387. The van der Waals surface area contributed by atoms with Crippen molar-refractivity contribution in [3.05, 3.63) is 34.1 Å². The number of thiophene rings is 1. The Morgan fingerprint density at radius 3 is 2.79 bits per heavy atom. The number of nitrogens with zero attached hydrogens (tertiary/aromatic N) is 1. The zero-order chi connectivity index (χ0) is 10.3. The van der Waals surface area contributed by atoms with E-state index in [2.05, 4.69) is 12.6 Å². The number of fused-ring (bicyclic) bond motifs is 1. The molecule has 1 aromatic carbocycles. The number of benzene rings is 1. The first-order valence-electron chi connectivity index (χ1n) is 3.64. The molecule has 2 rings (SSSR count). The van der Waals surface area contributed by atoms with E-state index in [1.165, 1.54) is 17.4 Å². The molecule has 0 atom stereocenters. The predicted molar refractivity (Wildman–Crippen MR) is 55.7 cm³/mol. The summed E-state index contributed by atoms with van der Waals surface area (Å²) in [5.41, 5.74) is -0.493. The number of hydrogen-bond acceptors (Lipinski definition) is 4. The van der Waals surface area contributed by atoms with Gasteiger partial charge in [0, 0.05) is 10.8 Å². The third-order valence-electron chi connectivity index (χ3n) is 1.77. The zero-order valence-corrected chi connectivity index (χ0v) is 8.44. The van der Waals surface area contributed by atoms with Crippen LogP contribution >= 0.6 is 24.0 Å². The molecule has 72 valence electrons. The van der Waals surface area contributed by atoms with E-state index in [0.29, 0.717) is 14.3 Å². The van der Waals surface area contributed by atoms with E-state index < -0.39 is 16.4 Å². The largest absolute Gasteiger partial charge is 0.306 e. The van der Waals surface area contributed by atoms with Gasteiger partial charge in [0.25, 0.3) is 0 Å². The lowest BCUT2D eigenvalue weighted by Crippen LogP contribution is -1.91. The minimum Gasteiger partial charge on any atom is -0.258 e. The number of thiol groups is 1. The van der Waals surface area contributed by atoms with Crippen LogP contribution in [0.2, 0.25) is 0 Å². The molecule has 0 saturated carbocycles. The van der Waals surface area contributed by atoms with Crippen molar-refractivity contribution >= 4 is 39.7 Å². The normalized spacial score (nSPS) is 10.7. The fourth-order valence-corrected chi connectivity index (χ4v) is 2.43. The first kappa shape index (κ1) is 9.42. The van der Waals surface area contributed by atoms with Crippen LogP contribution in [0.5, 0.6) is 0 Å². The van der Waals surface area contributed by atoms with Crippen molar-refractivity contribution in [2.45, 2.75) is 4.21 Å². The van der Waals surface area contributed by atoms with E-state index in [1.807, 2.05) is 0 Å². The Balaban J connectivity index is 2.76. The summed E-state index contributed by atoms with van der Waals surface area (Å²) in [7, 11) is 0. The van der Waals surface area contributed by atoms with E-state index in [9.17, 15) is 14.5 Å². The molecule has 0 aliphatic heterocycles. The maximum atomic E-state index is 13.1. The van der Waals surface area contributed by atoms with E-state index in [4.69, 9.17) is 0 Å². The van der Waals surface area contributed by atoms with Crippen LogP contribution in [0.4, 0.5) is 10.1 Å². The highest BCUT2D eigenvalue weighted by Crippen LogP contribution is 2.32. The zero-order valence-electron chi connectivity index (χ0n) is 6.73. The van der Waals surface area contributed by atoms with Crippen molar-refractivity contribution in [3.63, 3.8) is 0 Å². The number of rotatable bonds is 1. The van der Waals surface area contributed by atoms with Gasteiger partial charge in [-0.2, -0.15) is 4.39 Å². The van der Waals surface area contributed by atoms with Gasteiger partial charge in [-0.25, -0.2) is 0 Å².